The zero-order valence-electron chi connectivity index (χ0n) is 9.30. The number of anilines is 1. The molecule has 0 unspecified atom stereocenters. The minimum atomic E-state index is -0.754. The van der Waals surface area contributed by atoms with Crippen molar-refractivity contribution >= 4 is 11.7 Å². The first-order valence-electron chi connectivity index (χ1n) is 5.81. The fourth-order valence-electron chi connectivity index (χ4n) is 2.41. The number of carboxylic acid groups (broad SMARTS) is 1. The summed E-state index contributed by atoms with van der Waals surface area (Å²) in [5.41, 5.74) is 1.02. The van der Waals surface area contributed by atoms with E-state index in [1.54, 1.807) is 0 Å². The summed E-state index contributed by atoms with van der Waals surface area (Å²) in [4.78, 5) is 12.9. The number of aliphatic carboxylic acids is 1. The van der Waals surface area contributed by atoms with Gasteiger partial charge in [0.05, 0.1) is 0 Å². The van der Waals surface area contributed by atoms with Crippen LogP contribution in [0.3, 0.4) is 0 Å². The largest absolute Gasteiger partial charge is 0.480 e. The van der Waals surface area contributed by atoms with Gasteiger partial charge in [-0.25, -0.2) is 0 Å². The molecule has 0 aromatic heterocycles. The molecule has 1 aliphatic carbocycles. The topological polar surface area (TPSA) is 40.5 Å². The zero-order valence-corrected chi connectivity index (χ0v) is 9.30. The molecule has 3 nitrogen and oxygen atoms in total. The lowest BCUT2D eigenvalue weighted by molar-refractivity contribution is -0.135. The lowest BCUT2D eigenvalue weighted by atomic mass is 10.1. The van der Waals surface area contributed by atoms with E-state index in [0.717, 1.165) is 18.5 Å². The first-order chi connectivity index (χ1) is 7.77. The Hall–Kier alpha value is -1.51. The maximum Gasteiger partial charge on any atom is 0.323 e. The van der Waals surface area contributed by atoms with Crippen molar-refractivity contribution < 1.29 is 9.90 Å². The monoisotopic (exact) mass is 219 g/mol. The first-order valence-corrected chi connectivity index (χ1v) is 5.81. The first kappa shape index (κ1) is 11.0. The van der Waals surface area contributed by atoms with E-state index < -0.39 is 5.97 Å². The average molecular weight is 219 g/mol. The van der Waals surface area contributed by atoms with Crippen molar-refractivity contribution in [1.29, 1.82) is 0 Å². The Balaban J connectivity index is 2.16. The zero-order chi connectivity index (χ0) is 11.4. The predicted octanol–water partition coefficient (Wildman–Crippen LogP) is 2.52. The molecule has 1 N–H and O–H groups in total. The van der Waals surface area contributed by atoms with E-state index in [1.165, 1.54) is 12.8 Å². The van der Waals surface area contributed by atoms with Crippen molar-refractivity contribution in [1.82, 2.24) is 0 Å². The van der Waals surface area contributed by atoms with Crippen LogP contribution in [0.25, 0.3) is 0 Å². The van der Waals surface area contributed by atoms with Crippen LogP contribution in [-0.4, -0.2) is 23.7 Å². The van der Waals surface area contributed by atoms with Gasteiger partial charge in [0.25, 0.3) is 0 Å². The molecule has 0 radical (unpaired) electrons. The minimum absolute atomic E-state index is 0.106. The van der Waals surface area contributed by atoms with E-state index >= 15 is 0 Å². The summed E-state index contributed by atoms with van der Waals surface area (Å²) < 4.78 is 0. The molecule has 0 bridgehead atoms. The summed E-state index contributed by atoms with van der Waals surface area (Å²) >= 11 is 0. The third kappa shape index (κ3) is 2.54. The van der Waals surface area contributed by atoms with Gasteiger partial charge < -0.3 is 10.0 Å². The SMILES string of the molecule is O=C(O)CN(c1ccccc1)C1CCCC1. The van der Waals surface area contributed by atoms with Crippen LogP contribution in [0.5, 0.6) is 0 Å². The van der Waals surface area contributed by atoms with E-state index in [9.17, 15) is 4.79 Å². The van der Waals surface area contributed by atoms with E-state index in [0.29, 0.717) is 6.04 Å². The van der Waals surface area contributed by atoms with Gasteiger partial charge in [-0.2, -0.15) is 0 Å². The third-order valence-corrected chi connectivity index (χ3v) is 3.16. The van der Waals surface area contributed by atoms with Crippen LogP contribution >= 0.6 is 0 Å². The Morgan fingerprint density at radius 2 is 1.88 bits per heavy atom. The van der Waals surface area contributed by atoms with Crippen LogP contribution in [0.4, 0.5) is 5.69 Å². The van der Waals surface area contributed by atoms with Crippen LogP contribution in [-0.2, 0) is 4.79 Å². The molecule has 2 rings (SSSR count). The van der Waals surface area contributed by atoms with Gasteiger partial charge in [-0.05, 0) is 25.0 Å². The Labute approximate surface area is 95.7 Å². The van der Waals surface area contributed by atoms with Gasteiger partial charge in [0.1, 0.15) is 6.54 Å². The highest BCUT2D eigenvalue weighted by Gasteiger charge is 2.24. The fraction of sp³-hybridized carbons (Fsp3) is 0.462. The smallest absolute Gasteiger partial charge is 0.323 e. The van der Waals surface area contributed by atoms with Crippen LogP contribution < -0.4 is 4.90 Å². The maximum atomic E-state index is 10.9. The maximum absolute atomic E-state index is 10.9. The summed E-state index contributed by atoms with van der Waals surface area (Å²) in [5.74, 6) is -0.754. The van der Waals surface area contributed by atoms with Crippen LogP contribution in [0, 0.1) is 0 Å². The summed E-state index contributed by atoms with van der Waals surface area (Å²) in [5, 5.41) is 8.96. The summed E-state index contributed by atoms with van der Waals surface area (Å²) in [6.45, 7) is 0.106. The molecule has 1 fully saturated rings. The molecule has 1 aliphatic rings. The van der Waals surface area contributed by atoms with Gasteiger partial charge >= 0.3 is 5.97 Å². The Morgan fingerprint density at radius 3 is 2.44 bits per heavy atom. The lowest BCUT2D eigenvalue weighted by Gasteiger charge is -2.29. The molecule has 0 atom stereocenters. The standard InChI is InChI=1S/C13H17NO2/c15-13(16)10-14(12-8-4-5-9-12)11-6-2-1-3-7-11/h1-3,6-7,12H,4-5,8-10H2,(H,15,16). The summed E-state index contributed by atoms with van der Waals surface area (Å²) in [7, 11) is 0. The Bertz CT molecular complexity index is 344. The number of benzene rings is 1. The van der Waals surface area contributed by atoms with Crippen molar-refractivity contribution in [2.45, 2.75) is 31.7 Å². The summed E-state index contributed by atoms with van der Waals surface area (Å²) in [6, 6.07) is 10.2. The van der Waals surface area contributed by atoms with Crippen molar-refractivity contribution in [3.8, 4) is 0 Å². The second-order valence-electron chi connectivity index (χ2n) is 4.30. The number of rotatable bonds is 4. The van der Waals surface area contributed by atoms with Gasteiger partial charge in [-0.3, -0.25) is 4.79 Å². The molecule has 1 aromatic rings. The highest BCUT2D eigenvalue weighted by molar-refractivity contribution is 5.74. The van der Waals surface area contributed by atoms with Gasteiger partial charge in [-0.15, -0.1) is 0 Å². The Kier molecular flexibility index (Phi) is 3.44. The van der Waals surface area contributed by atoms with Gasteiger partial charge in [0.15, 0.2) is 0 Å². The number of carboxylic acids is 1. The number of para-hydroxylation sites is 1. The van der Waals surface area contributed by atoms with Crippen LogP contribution in [0.1, 0.15) is 25.7 Å². The number of carbonyl (C=O) groups is 1. The molecule has 0 saturated heterocycles. The Morgan fingerprint density at radius 1 is 1.25 bits per heavy atom. The minimum Gasteiger partial charge on any atom is -0.480 e. The van der Waals surface area contributed by atoms with Gasteiger partial charge in [-0.1, -0.05) is 31.0 Å². The summed E-state index contributed by atoms with van der Waals surface area (Å²) in [6.07, 6.45) is 4.66. The second-order valence-corrected chi connectivity index (χ2v) is 4.30. The number of hydrogen-bond acceptors (Lipinski definition) is 2. The van der Waals surface area contributed by atoms with Crippen molar-refractivity contribution in [2.75, 3.05) is 11.4 Å². The van der Waals surface area contributed by atoms with E-state index in [4.69, 9.17) is 5.11 Å². The molecular weight excluding hydrogens is 202 g/mol. The molecule has 3 heteroatoms. The highest BCUT2D eigenvalue weighted by Crippen LogP contribution is 2.27. The van der Waals surface area contributed by atoms with Gasteiger partial charge in [0, 0.05) is 11.7 Å². The molecule has 0 aliphatic heterocycles. The second kappa shape index (κ2) is 5.01. The molecule has 0 spiro atoms. The number of nitrogens with zero attached hydrogens (tertiary/aromatic N) is 1. The van der Waals surface area contributed by atoms with E-state index in [1.807, 2.05) is 35.2 Å². The van der Waals surface area contributed by atoms with Crippen molar-refractivity contribution in [3.05, 3.63) is 30.3 Å². The number of hydrogen-bond donors (Lipinski definition) is 1. The van der Waals surface area contributed by atoms with Crippen molar-refractivity contribution in [3.63, 3.8) is 0 Å². The fourth-order valence-corrected chi connectivity index (χ4v) is 2.41. The van der Waals surface area contributed by atoms with Crippen LogP contribution in [0.15, 0.2) is 30.3 Å². The highest BCUT2D eigenvalue weighted by atomic mass is 16.4. The molecule has 0 amide bonds. The quantitative estimate of drug-likeness (QED) is 0.846. The molecule has 16 heavy (non-hydrogen) atoms. The molecular formula is C13H17NO2. The molecule has 86 valence electrons. The molecule has 1 aromatic carbocycles. The van der Waals surface area contributed by atoms with E-state index in [2.05, 4.69) is 0 Å². The molecule has 0 heterocycles. The van der Waals surface area contributed by atoms with Gasteiger partial charge in [0.2, 0.25) is 0 Å². The van der Waals surface area contributed by atoms with Crippen LogP contribution in [0.2, 0.25) is 0 Å². The lowest BCUT2D eigenvalue weighted by Crippen LogP contribution is -2.37. The normalized spacial score (nSPS) is 16.2. The predicted molar refractivity (Wildman–Crippen MR) is 63.7 cm³/mol. The van der Waals surface area contributed by atoms with Crippen molar-refractivity contribution in [2.24, 2.45) is 0 Å². The average Bonchev–Trinajstić information content (AvgIpc) is 2.80. The third-order valence-electron chi connectivity index (χ3n) is 3.16. The molecule has 1 saturated carbocycles. The van der Waals surface area contributed by atoms with E-state index in [-0.39, 0.29) is 6.54 Å².